The van der Waals surface area contributed by atoms with Crippen molar-refractivity contribution in [3.05, 3.63) is 42.1 Å². The van der Waals surface area contributed by atoms with E-state index in [0.29, 0.717) is 13.2 Å². The van der Waals surface area contributed by atoms with E-state index in [1.165, 1.54) is 0 Å². The molecule has 1 aliphatic heterocycles. The third-order valence-electron chi connectivity index (χ3n) is 3.98. The molecule has 2 heterocycles. The lowest BCUT2D eigenvalue weighted by molar-refractivity contribution is 0.0893. The lowest BCUT2D eigenvalue weighted by atomic mass is 9.91. The summed E-state index contributed by atoms with van der Waals surface area (Å²) in [5, 5.41) is 4.34. The Morgan fingerprint density at radius 3 is 3.10 bits per heavy atom. The summed E-state index contributed by atoms with van der Waals surface area (Å²) in [5.41, 5.74) is 1.61. The summed E-state index contributed by atoms with van der Waals surface area (Å²) < 4.78 is 5.52. The number of aromatic nitrogens is 1. The van der Waals surface area contributed by atoms with Gasteiger partial charge in [-0.3, -0.25) is 9.78 Å². The minimum absolute atomic E-state index is 0.109. The molecule has 0 bridgehead atoms. The first-order chi connectivity index (χ1) is 10.3. The van der Waals surface area contributed by atoms with Crippen molar-refractivity contribution in [1.29, 1.82) is 0 Å². The maximum absolute atomic E-state index is 12.9. The molecule has 3 rings (SSSR count). The first-order valence-corrected chi connectivity index (χ1v) is 7.50. The Hall–Kier alpha value is -1.78. The molecule has 0 radical (unpaired) electrons. The quantitative estimate of drug-likeness (QED) is 0.857. The van der Waals surface area contributed by atoms with Gasteiger partial charge in [0.05, 0.1) is 24.6 Å². The number of hydrogen-bond acceptors (Lipinski definition) is 4. The Morgan fingerprint density at radius 1 is 1.33 bits per heavy atom. The number of nitrogens with zero attached hydrogens (tertiary/aromatic N) is 1. The van der Waals surface area contributed by atoms with Gasteiger partial charge in [-0.05, 0) is 25.1 Å². The monoisotopic (exact) mass is 284 g/mol. The molecule has 21 heavy (non-hydrogen) atoms. The van der Waals surface area contributed by atoms with Crippen LogP contribution in [0.15, 0.2) is 36.5 Å². The Balaban J connectivity index is 1.89. The number of pyridine rings is 1. The molecule has 0 amide bonds. The van der Waals surface area contributed by atoms with Crippen LogP contribution in [0, 0.1) is 5.92 Å². The van der Waals surface area contributed by atoms with Gasteiger partial charge in [0, 0.05) is 23.2 Å². The van der Waals surface area contributed by atoms with E-state index in [1.807, 2.05) is 30.3 Å². The molecule has 0 aliphatic carbocycles. The van der Waals surface area contributed by atoms with Gasteiger partial charge in [0.25, 0.3) is 0 Å². The maximum atomic E-state index is 12.9. The highest BCUT2D eigenvalue weighted by Crippen LogP contribution is 2.24. The van der Waals surface area contributed by atoms with Crippen LogP contribution in [0.25, 0.3) is 10.9 Å². The molecular weight excluding hydrogens is 264 g/mol. The van der Waals surface area contributed by atoms with E-state index in [1.54, 1.807) is 6.20 Å². The predicted molar refractivity (Wildman–Crippen MR) is 82.5 cm³/mol. The van der Waals surface area contributed by atoms with Gasteiger partial charge in [-0.15, -0.1) is 0 Å². The van der Waals surface area contributed by atoms with E-state index in [4.69, 9.17) is 4.74 Å². The van der Waals surface area contributed by atoms with Crippen LogP contribution < -0.4 is 5.32 Å². The van der Waals surface area contributed by atoms with E-state index in [2.05, 4.69) is 17.2 Å². The molecule has 1 saturated heterocycles. The highest BCUT2D eigenvalue weighted by Gasteiger charge is 2.34. The van der Waals surface area contributed by atoms with Crippen molar-refractivity contribution in [2.24, 2.45) is 5.92 Å². The second kappa shape index (κ2) is 6.33. The van der Waals surface area contributed by atoms with Crippen LogP contribution in [0.5, 0.6) is 0 Å². The van der Waals surface area contributed by atoms with Gasteiger partial charge in [-0.25, -0.2) is 0 Å². The predicted octanol–water partition coefficient (Wildman–Crippen LogP) is 2.43. The molecule has 4 heteroatoms. The average Bonchev–Trinajstić information content (AvgIpc) is 3.00. The fourth-order valence-corrected chi connectivity index (χ4v) is 2.86. The normalized spacial score (nSPS) is 21.8. The Kier molecular flexibility index (Phi) is 4.27. The molecular formula is C17H20N2O2. The molecule has 2 unspecified atom stereocenters. The zero-order chi connectivity index (χ0) is 14.7. The van der Waals surface area contributed by atoms with Gasteiger partial charge in [-0.2, -0.15) is 0 Å². The summed E-state index contributed by atoms with van der Waals surface area (Å²) in [5.74, 6) is 0.0436. The van der Waals surface area contributed by atoms with Crippen LogP contribution in [-0.2, 0) is 4.74 Å². The maximum Gasteiger partial charge on any atom is 0.170 e. The molecule has 0 spiro atoms. The highest BCUT2D eigenvalue weighted by molar-refractivity contribution is 6.08. The third-order valence-corrected chi connectivity index (χ3v) is 3.98. The van der Waals surface area contributed by atoms with E-state index in [-0.39, 0.29) is 17.7 Å². The molecule has 1 aromatic heterocycles. The molecule has 4 nitrogen and oxygen atoms in total. The van der Waals surface area contributed by atoms with Crippen molar-refractivity contribution < 1.29 is 9.53 Å². The Morgan fingerprint density at radius 2 is 2.24 bits per heavy atom. The number of nitrogens with one attached hydrogen (secondary N) is 1. The number of Topliss-reactive ketones (excluding diaryl/α,β-unsaturated/α-hetero) is 1. The van der Waals surface area contributed by atoms with Gasteiger partial charge in [0.2, 0.25) is 0 Å². The molecule has 1 N–H and O–H groups in total. The van der Waals surface area contributed by atoms with E-state index in [9.17, 15) is 4.79 Å². The van der Waals surface area contributed by atoms with Gasteiger partial charge in [0.1, 0.15) is 0 Å². The minimum Gasteiger partial charge on any atom is -0.379 e. The summed E-state index contributed by atoms with van der Waals surface area (Å²) in [4.78, 5) is 17.2. The SMILES string of the molecule is CCCNC1COCC1C(=O)c1cccc2ncccc12. The van der Waals surface area contributed by atoms with E-state index >= 15 is 0 Å². The largest absolute Gasteiger partial charge is 0.379 e. The van der Waals surface area contributed by atoms with Gasteiger partial charge in [0.15, 0.2) is 5.78 Å². The molecule has 110 valence electrons. The number of fused-ring (bicyclic) bond motifs is 1. The number of carbonyl (C=O) groups is 1. The molecule has 2 aromatic rings. The fraction of sp³-hybridized carbons (Fsp3) is 0.412. The first-order valence-electron chi connectivity index (χ1n) is 7.50. The molecule has 1 fully saturated rings. The first kappa shape index (κ1) is 14.2. The van der Waals surface area contributed by atoms with Crippen molar-refractivity contribution in [3.8, 4) is 0 Å². The van der Waals surface area contributed by atoms with Crippen LogP contribution in [0.2, 0.25) is 0 Å². The molecule has 1 aliphatic rings. The van der Waals surface area contributed by atoms with E-state index in [0.717, 1.165) is 29.4 Å². The summed E-state index contributed by atoms with van der Waals surface area (Å²) in [6.45, 7) is 4.14. The smallest absolute Gasteiger partial charge is 0.170 e. The van der Waals surface area contributed by atoms with Crippen molar-refractivity contribution in [3.63, 3.8) is 0 Å². The number of carbonyl (C=O) groups excluding carboxylic acids is 1. The standard InChI is InChI=1S/C17H20N2O2/c1-2-8-18-16-11-21-10-14(16)17(20)13-5-3-7-15-12(13)6-4-9-19-15/h3-7,9,14,16,18H,2,8,10-11H2,1H3. The van der Waals surface area contributed by atoms with Crippen LogP contribution in [0.3, 0.4) is 0 Å². The zero-order valence-corrected chi connectivity index (χ0v) is 12.2. The van der Waals surface area contributed by atoms with Crippen LogP contribution >= 0.6 is 0 Å². The zero-order valence-electron chi connectivity index (χ0n) is 12.2. The van der Waals surface area contributed by atoms with Crippen molar-refractivity contribution >= 4 is 16.7 Å². The average molecular weight is 284 g/mol. The van der Waals surface area contributed by atoms with Crippen molar-refractivity contribution in [2.75, 3.05) is 19.8 Å². The lowest BCUT2D eigenvalue weighted by Gasteiger charge is -2.18. The number of rotatable bonds is 5. The lowest BCUT2D eigenvalue weighted by Crippen LogP contribution is -2.39. The highest BCUT2D eigenvalue weighted by atomic mass is 16.5. The second-order valence-corrected chi connectivity index (χ2v) is 5.44. The second-order valence-electron chi connectivity index (χ2n) is 5.44. The number of hydrogen-bond donors (Lipinski definition) is 1. The minimum atomic E-state index is -0.109. The summed E-state index contributed by atoms with van der Waals surface area (Å²) in [6, 6.07) is 9.67. The topological polar surface area (TPSA) is 51.2 Å². The van der Waals surface area contributed by atoms with Gasteiger partial charge >= 0.3 is 0 Å². The van der Waals surface area contributed by atoms with Crippen LogP contribution in [-0.4, -0.2) is 36.6 Å². The van der Waals surface area contributed by atoms with Gasteiger partial charge < -0.3 is 10.1 Å². The van der Waals surface area contributed by atoms with Crippen molar-refractivity contribution in [1.82, 2.24) is 10.3 Å². The fourth-order valence-electron chi connectivity index (χ4n) is 2.86. The number of benzene rings is 1. The van der Waals surface area contributed by atoms with Crippen molar-refractivity contribution in [2.45, 2.75) is 19.4 Å². The third kappa shape index (κ3) is 2.82. The van der Waals surface area contributed by atoms with Crippen LogP contribution in [0.4, 0.5) is 0 Å². The Labute approximate surface area is 124 Å². The summed E-state index contributed by atoms with van der Waals surface area (Å²) in [6.07, 6.45) is 2.80. The Bertz CT molecular complexity index is 636. The summed E-state index contributed by atoms with van der Waals surface area (Å²) in [7, 11) is 0. The summed E-state index contributed by atoms with van der Waals surface area (Å²) >= 11 is 0. The number of ether oxygens (including phenoxy) is 1. The van der Waals surface area contributed by atoms with Crippen LogP contribution in [0.1, 0.15) is 23.7 Å². The number of ketones is 1. The van der Waals surface area contributed by atoms with E-state index < -0.39 is 0 Å². The molecule has 0 saturated carbocycles. The molecule has 1 aromatic carbocycles. The molecule has 2 atom stereocenters. The van der Waals surface area contributed by atoms with Gasteiger partial charge in [-0.1, -0.05) is 25.1 Å².